The van der Waals surface area contributed by atoms with Gasteiger partial charge in [0.2, 0.25) is 11.8 Å². The first-order valence-corrected chi connectivity index (χ1v) is 11.3. The molecule has 7 nitrogen and oxygen atoms in total. The van der Waals surface area contributed by atoms with Crippen LogP contribution in [0.5, 0.6) is 11.6 Å². The van der Waals surface area contributed by atoms with E-state index >= 15 is 0 Å². The van der Waals surface area contributed by atoms with E-state index in [1.807, 2.05) is 13.0 Å². The largest absolute Gasteiger partial charge is 0.438 e. The summed E-state index contributed by atoms with van der Waals surface area (Å²) in [6.45, 7) is 4.88. The van der Waals surface area contributed by atoms with Crippen LogP contribution in [-0.4, -0.2) is 40.5 Å². The SMILES string of the molecule is CCNC(=O)N1CCc2nc(N3CCc4ccccc4C3)nc(Oc3cccc(F)c3)c2C1. The second-order valence-electron chi connectivity index (χ2n) is 8.26. The Balaban J connectivity index is 1.50. The number of rotatable bonds is 4. The van der Waals surface area contributed by atoms with Crippen LogP contribution in [0.4, 0.5) is 15.1 Å². The molecule has 1 aromatic heterocycles. The lowest BCUT2D eigenvalue weighted by molar-refractivity contribution is 0.191. The Hall–Kier alpha value is -3.68. The van der Waals surface area contributed by atoms with Crippen LogP contribution in [0.15, 0.2) is 48.5 Å². The number of hydrogen-bond acceptors (Lipinski definition) is 5. The lowest BCUT2D eigenvalue weighted by Gasteiger charge is -2.32. The van der Waals surface area contributed by atoms with Crippen molar-refractivity contribution in [3.63, 3.8) is 0 Å². The first-order valence-electron chi connectivity index (χ1n) is 11.3. The van der Waals surface area contributed by atoms with Gasteiger partial charge >= 0.3 is 6.03 Å². The average Bonchev–Trinajstić information content (AvgIpc) is 2.83. The van der Waals surface area contributed by atoms with Crippen molar-refractivity contribution in [2.75, 3.05) is 24.5 Å². The molecule has 2 amide bonds. The fourth-order valence-electron chi connectivity index (χ4n) is 4.34. The monoisotopic (exact) mass is 447 g/mol. The fourth-order valence-corrected chi connectivity index (χ4v) is 4.34. The van der Waals surface area contributed by atoms with Crippen LogP contribution >= 0.6 is 0 Å². The van der Waals surface area contributed by atoms with Crippen molar-refractivity contribution < 1.29 is 13.9 Å². The van der Waals surface area contributed by atoms with Crippen molar-refractivity contribution in [3.05, 3.63) is 76.7 Å². The first kappa shape index (κ1) is 21.2. The van der Waals surface area contributed by atoms with Crippen LogP contribution in [0.1, 0.15) is 29.3 Å². The van der Waals surface area contributed by atoms with E-state index in [0.717, 1.165) is 30.8 Å². The summed E-state index contributed by atoms with van der Waals surface area (Å²) in [6, 6.07) is 14.3. The van der Waals surface area contributed by atoms with Crippen LogP contribution < -0.4 is 15.0 Å². The molecule has 3 heterocycles. The van der Waals surface area contributed by atoms with E-state index in [-0.39, 0.29) is 11.8 Å². The van der Waals surface area contributed by atoms with Crippen molar-refractivity contribution in [1.82, 2.24) is 20.2 Å². The maximum Gasteiger partial charge on any atom is 0.317 e. The van der Waals surface area contributed by atoms with E-state index in [9.17, 15) is 9.18 Å². The molecule has 3 aromatic rings. The van der Waals surface area contributed by atoms with Crippen LogP contribution in [0.25, 0.3) is 0 Å². The van der Waals surface area contributed by atoms with E-state index in [0.29, 0.717) is 43.6 Å². The molecule has 170 valence electrons. The predicted octanol–water partition coefficient (Wildman–Crippen LogP) is 4.06. The molecule has 0 saturated heterocycles. The molecule has 33 heavy (non-hydrogen) atoms. The highest BCUT2D eigenvalue weighted by Gasteiger charge is 2.28. The summed E-state index contributed by atoms with van der Waals surface area (Å²) >= 11 is 0. The summed E-state index contributed by atoms with van der Waals surface area (Å²) < 4.78 is 19.9. The third-order valence-electron chi connectivity index (χ3n) is 6.05. The highest BCUT2D eigenvalue weighted by Crippen LogP contribution is 2.33. The first-order chi connectivity index (χ1) is 16.1. The summed E-state index contributed by atoms with van der Waals surface area (Å²) in [5, 5.41) is 2.84. The third-order valence-corrected chi connectivity index (χ3v) is 6.05. The number of halogens is 1. The maximum absolute atomic E-state index is 13.8. The molecule has 0 bridgehead atoms. The van der Waals surface area contributed by atoms with Crippen LogP contribution in [0, 0.1) is 5.82 Å². The van der Waals surface area contributed by atoms with E-state index in [2.05, 4.69) is 28.4 Å². The number of nitrogens with one attached hydrogen (secondary N) is 1. The molecule has 2 aromatic carbocycles. The number of benzene rings is 2. The van der Waals surface area contributed by atoms with Gasteiger partial charge in [-0.25, -0.2) is 14.2 Å². The number of urea groups is 1. The Labute approximate surface area is 192 Å². The Bertz CT molecular complexity index is 1190. The maximum atomic E-state index is 13.8. The minimum absolute atomic E-state index is 0.128. The van der Waals surface area contributed by atoms with Crippen molar-refractivity contribution in [2.45, 2.75) is 32.9 Å². The molecule has 0 unspecified atom stereocenters. The fraction of sp³-hybridized carbons (Fsp3) is 0.320. The van der Waals surface area contributed by atoms with Crippen LogP contribution in [0.3, 0.4) is 0 Å². The van der Waals surface area contributed by atoms with Gasteiger partial charge in [-0.05, 0) is 36.6 Å². The van der Waals surface area contributed by atoms with Crippen molar-refractivity contribution in [2.24, 2.45) is 0 Å². The molecule has 1 N–H and O–H groups in total. The zero-order chi connectivity index (χ0) is 22.8. The Morgan fingerprint density at radius 3 is 2.73 bits per heavy atom. The minimum Gasteiger partial charge on any atom is -0.438 e. The standard InChI is InChI=1S/C25H26FN5O2/c1-2-27-25(32)31-13-11-22-21(16-31)23(33-20-9-5-8-19(26)14-20)29-24(28-22)30-12-10-17-6-3-4-7-18(17)15-30/h3-9,14H,2,10-13,15-16H2,1H3,(H,27,32). The molecular formula is C25H26FN5O2. The number of amides is 2. The normalized spacial score (nSPS) is 15.0. The van der Waals surface area contributed by atoms with Gasteiger partial charge < -0.3 is 19.9 Å². The molecule has 0 spiro atoms. The Morgan fingerprint density at radius 1 is 1.06 bits per heavy atom. The van der Waals surface area contributed by atoms with Gasteiger partial charge in [-0.1, -0.05) is 30.3 Å². The summed E-state index contributed by atoms with van der Waals surface area (Å²) in [4.78, 5) is 25.9. The number of anilines is 1. The number of carbonyl (C=O) groups excluding carboxylic acids is 1. The topological polar surface area (TPSA) is 70.6 Å². The van der Waals surface area contributed by atoms with Crippen molar-refractivity contribution in [3.8, 4) is 11.6 Å². The van der Waals surface area contributed by atoms with Gasteiger partial charge in [-0.3, -0.25) is 0 Å². The number of fused-ring (bicyclic) bond motifs is 2. The molecule has 2 aliphatic heterocycles. The van der Waals surface area contributed by atoms with Crippen LogP contribution in [0.2, 0.25) is 0 Å². The smallest absolute Gasteiger partial charge is 0.317 e. The second-order valence-corrected chi connectivity index (χ2v) is 8.26. The minimum atomic E-state index is -0.382. The van der Waals surface area contributed by atoms with Gasteiger partial charge in [0.05, 0.1) is 17.8 Å². The summed E-state index contributed by atoms with van der Waals surface area (Å²) in [6.07, 6.45) is 1.52. The molecule has 0 aliphatic carbocycles. The highest BCUT2D eigenvalue weighted by molar-refractivity contribution is 5.74. The van der Waals surface area contributed by atoms with E-state index < -0.39 is 0 Å². The van der Waals surface area contributed by atoms with E-state index in [1.54, 1.807) is 17.0 Å². The summed E-state index contributed by atoms with van der Waals surface area (Å²) in [7, 11) is 0. The molecule has 0 saturated carbocycles. The average molecular weight is 448 g/mol. The number of hydrogen-bond donors (Lipinski definition) is 1. The number of ether oxygens (including phenoxy) is 1. The number of carbonyl (C=O) groups is 1. The third kappa shape index (κ3) is 4.46. The van der Waals surface area contributed by atoms with E-state index in [1.165, 1.54) is 23.3 Å². The highest BCUT2D eigenvalue weighted by atomic mass is 19.1. The lowest BCUT2D eigenvalue weighted by atomic mass is 10.0. The summed E-state index contributed by atoms with van der Waals surface area (Å²) in [5.74, 6) is 0.947. The molecule has 5 rings (SSSR count). The van der Waals surface area contributed by atoms with Gasteiger partial charge in [-0.15, -0.1) is 0 Å². The molecule has 8 heteroatoms. The molecule has 0 fully saturated rings. The molecule has 0 atom stereocenters. The van der Waals surface area contributed by atoms with Gasteiger partial charge in [0, 0.05) is 38.7 Å². The van der Waals surface area contributed by atoms with Crippen molar-refractivity contribution >= 4 is 12.0 Å². The van der Waals surface area contributed by atoms with Gasteiger partial charge in [0.1, 0.15) is 11.6 Å². The Morgan fingerprint density at radius 2 is 1.91 bits per heavy atom. The summed E-state index contributed by atoms with van der Waals surface area (Å²) in [5.41, 5.74) is 4.24. The lowest BCUT2D eigenvalue weighted by Crippen LogP contribution is -2.43. The number of aromatic nitrogens is 2. The zero-order valence-corrected chi connectivity index (χ0v) is 18.6. The predicted molar refractivity (Wildman–Crippen MR) is 123 cm³/mol. The van der Waals surface area contributed by atoms with Gasteiger partial charge in [-0.2, -0.15) is 4.98 Å². The van der Waals surface area contributed by atoms with Gasteiger partial charge in [0.15, 0.2) is 0 Å². The molecule has 0 radical (unpaired) electrons. The van der Waals surface area contributed by atoms with Gasteiger partial charge in [0.25, 0.3) is 0 Å². The van der Waals surface area contributed by atoms with Crippen LogP contribution in [-0.2, 0) is 25.9 Å². The second kappa shape index (κ2) is 9.05. The zero-order valence-electron chi connectivity index (χ0n) is 18.6. The molecular weight excluding hydrogens is 421 g/mol. The number of nitrogens with zero attached hydrogens (tertiary/aromatic N) is 4. The Kier molecular flexibility index (Phi) is 5.81. The quantitative estimate of drug-likeness (QED) is 0.653. The molecule has 2 aliphatic rings. The van der Waals surface area contributed by atoms with E-state index in [4.69, 9.17) is 14.7 Å². The van der Waals surface area contributed by atoms with Crippen molar-refractivity contribution in [1.29, 1.82) is 0 Å².